The zero-order chi connectivity index (χ0) is 14.8. The summed E-state index contributed by atoms with van der Waals surface area (Å²) in [5.74, 6) is -0.343. The lowest BCUT2D eigenvalue weighted by molar-refractivity contribution is 0.625. The molecule has 0 saturated heterocycles. The highest BCUT2D eigenvalue weighted by atomic mass is 35.5. The number of hydrogen-bond acceptors (Lipinski definition) is 2. The molecule has 0 bridgehead atoms. The van der Waals surface area contributed by atoms with Crippen LogP contribution in [-0.4, -0.2) is 4.98 Å². The van der Waals surface area contributed by atoms with Gasteiger partial charge in [0.25, 0.3) is 0 Å². The summed E-state index contributed by atoms with van der Waals surface area (Å²) in [7, 11) is 0. The van der Waals surface area contributed by atoms with E-state index in [-0.39, 0.29) is 11.9 Å². The third-order valence-corrected chi connectivity index (χ3v) is 3.85. The second-order valence-corrected chi connectivity index (χ2v) is 5.41. The van der Waals surface area contributed by atoms with Gasteiger partial charge in [-0.05, 0) is 41.8 Å². The summed E-state index contributed by atoms with van der Waals surface area (Å²) in [4.78, 5) is 4.41. The van der Waals surface area contributed by atoms with Crippen LogP contribution in [0.1, 0.15) is 17.2 Å². The van der Waals surface area contributed by atoms with E-state index >= 15 is 0 Å². The molecule has 106 valence electrons. The van der Waals surface area contributed by atoms with Crippen LogP contribution in [0.25, 0.3) is 10.9 Å². The normalized spacial score (nSPS) is 12.5. The maximum Gasteiger partial charge on any atom is 0.124 e. The zero-order valence-corrected chi connectivity index (χ0v) is 12.0. The summed E-state index contributed by atoms with van der Waals surface area (Å²) in [6.07, 6.45) is 2.32. The van der Waals surface area contributed by atoms with Gasteiger partial charge in [0.1, 0.15) is 5.82 Å². The number of aromatic nitrogens is 1. The number of halogens is 2. The number of fused-ring (bicyclic) bond motifs is 1. The summed E-state index contributed by atoms with van der Waals surface area (Å²) < 4.78 is 13.1. The van der Waals surface area contributed by atoms with Gasteiger partial charge in [-0.1, -0.05) is 35.9 Å². The van der Waals surface area contributed by atoms with Gasteiger partial charge in [0, 0.05) is 22.6 Å². The van der Waals surface area contributed by atoms with Crippen LogP contribution in [0.15, 0.2) is 54.7 Å². The van der Waals surface area contributed by atoms with Gasteiger partial charge in [0.05, 0.1) is 5.52 Å². The quantitative estimate of drug-likeness (QED) is 0.784. The molecule has 0 aliphatic rings. The summed E-state index contributed by atoms with van der Waals surface area (Å²) in [6, 6.07) is 14.1. The predicted octanol–water partition coefficient (Wildman–Crippen LogP) is 4.27. The van der Waals surface area contributed by atoms with Crippen LogP contribution < -0.4 is 5.73 Å². The fraction of sp³-hybridized carbons (Fsp3) is 0.118. The van der Waals surface area contributed by atoms with Crippen molar-refractivity contribution in [1.29, 1.82) is 0 Å². The van der Waals surface area contributed by atoms with E-state index in [0.29, 0.717) is 11.4 Å². The Morgan fingerprint density at radius 2 is 1.95 bits per heavy atom. The summed E-state index contributed by atoms with van der Waals surface area (Å²) in [5.41, 5.74) is 8.94. The molecular weight excluding hydrogens is 287 g/mol. The van der Waals surface area contributed by atoms with Crippen molar-refractivity contribution in [2.45, 2.75) is 12.5 Å². The molecule has 1 atom stereocenters. The Kier molecular flexibility index (Phi) is 3.86. The van der Waals surface area contributed by atoms with Gasteiger partial charge in [0.2, 0.25) is 0 Å². The van der Waals surface area contributed by atoms with E-state index < -0.39 is 0 Å². The Morgan fingerprint density at radius 3 is 2.76 bits per heavy atom. The van der Waals surface area contributed by atoms with Gasteiger partial charge in [-0.15, -0.1) is 0 Å². The van der Waals surface area contributed by atoms with Gasteiger partial charge in [-0.2, -0.15) is 0 Å². The highest BCUT2D eigenvalue weighted by Crippen LogP contribution is 2.24. The number of nitrogens with zero attached hydrogens (tertiary/aromatic N) is 1. The Labute approximate surface area is 127 Å². The van der Waals surface area contributed by atoms with E-state index in [1.807, 2.05) is 30.3 Å². The fourth-order valence-electron chi connectivity index (χ4n) is 2.33. The van der Waals surface area contributed by atoms with Crippen LogP contribution in [0.3, 0.4) is 0 Å². The van der Waals surface area contributed by atoms with Crippen molar-refractivity contribution in [1.82, 2.24) is 4.98 Å². The van der Waals surface area contributed by atoms with E-state index in [9.17, 15) is 4.39 Å². The first-order valence-electron chi connectivity index (χ1n) is 6.67. The topological polar surface area (TPSA) is 38.9 Å². The summed E-state index contributed by atoms with van der Waals surface area (Å²) >= 11 is 6.04. The number of nitrogens with two attached hydrogens (primary N) is 1. The number of benzene rings is 2. The molecule has 21 heavy (non-hydrogen) atoms. The third kappa shape index (κ3) is 3.04. The lowest BCUT2D eigenvalue weighted by Crippen LogP contribution is -2.14. The number of para-hydroxylation sites is 1. The molecule has 1 aromatic heterocycles. The van der Waals surface area contributed by atoms with Crippen molar-refractivity contribution < 1.29 is 4.39 Å². The molecule has 0 aliphatic carbocycles. The predicted molar refractivity (Wildman–Crippen MR) is 83.8 cm³/mol. The van der Waals surface area contributed by atoms with Crippen molar-refractivity contribution in [2.24, 2.45) is 5.73 Å². The Morgan fingerprint density at radius 1 is 1.14 bits per heavy atom. The number of rotatable bonds is 3. The van der Waals surface area contributed by atoms with Crippen molar-refractivity contribution in [3.8, 4) is 0 Å². The molecule has 0 spiro atoms. The molecular formula is C17H14ClFN2. The largest absolute Gasteiger partial charge is 0.324 e. The van der Waals surface area contributed by atoms with Gasteiger partial charge >= 0.3 is 0 Å². The first-order valence-corrected chi connectivity index (χ1v) is 7.05. The second kappa shape index (κ2) is 5.80. The Hall–Kier alpha value is -1.97. The molecule has 0 amide bonds. The third-order valence-electron chi connectivity index (χ3n) is 3.49. The summed E-state index contributed by atoms with van der Waals surface area (Å²) in [6.45, 7) is 0. The van der Waals surface area contributed by atoms with Crippen LogP contribution in [0.5, 0.6) is 0 Å². The smallest absolute Gasteiger partial charge is 0.124 e. The lowest BCUT2D eigenvalue weighted by Gasteiger charge is -2.13. The average Bonchev–Trinajstić information content (AvgIpc) is 2.49. The molecule has 4 heteroatoms. The zero-order valence-electron chi connectivity index (χ0n) is 11.3. The minimum Gasteiger partial charge on any atom is -0.324 e. The van der Waals surface area contributed by atoms with Gasteiger partial charge < -0.3 is 5.73 Å². The maximum atomic E-state index is 13.1. The van der Waals surface area contributed by atoms with Crippen LogP contribution in [0, 0.1) is 5.82 Å². The molecule has 1 unspecified atom stereocenters. The standard InChI is InChI=1S/C17H14ClFN2/c18-15-9-14(19)6-5-11(15)8-16(20)13-7-12-3-1-2-4-17(12)21-10-13/h1-7,9-10,16H,8,20H2. The second-order valence-electron chi connectivity index (χ2n) is 5.01. The van der Waals surface area contributed by atoms with E-state index in [2.05, 4.69) is 4.98 Å². The van der Waals surface area contributed by atoms with E-state index in [4.69, 9.17) is 17.3 Å². The Balaban J connectivity index is 1.87. The van der Waals surface area contributed by atoms with Crippen molar-refractivity contribution >= 4 is 22.5 Å². The van der Waals surface area contributed by atoms with Gasteiger partial charge in [-0.25, -0.2) is 4.39 Å². The highest BCUT2D eigenvalue weighted by molar-refractivity contribution is 6.31. The number of pyridine rings is 1. The molecule has 0 radical (unpaired) electrons. The van der Waals surface area contributed by atoms with Crippen LogP contribution >= 0.6 is 11.6 Å². The maximum absolute atomic E-state index is 13.1. The van der Waals surface area contributed by atoms with Gasteiger partial charge in [0.15, 0.2) is 0 Å². The van der Waals surface area contributed by atoms with E-state index in [0.717, 1.165) is 22.0 Å². The minimum atomic E-state index is -0.343. The van der Waals surface area contributed by atoms with Crippen molar-refractivity contribution in [3.63, 3.8) is 0 Å². The fourth-order valence-corrected chi connectivity index (χ4v) is 2.58. The molecule has 2 N–H and O–H groups in total. The monoisotopic (exact) mass is 300 g/mol. The molecule has 3 rings (SSSR count). The van der Waals surface area contributed by atoms with Crippen LogP contribution in [0.2, 0.25) is 5.02 Å². The average molecular weight is 301 g/mol. The lowest BCUT2D eigenvalue weighted by atomic mass is 10.00. The molecule has 1 heterocycles. The molecule has 3 aromatic rings. The molecule has 0 aliphatic heterocycles. The molecule has 2 nitrogen and oxygen atoms in total. The SMILES string of the molecule is NC(Cc1ccc(F)cc1Cl)c1cnc2ccccc2c1. The molecule has 0 fully saturated rings. The summed E-state index contributed by atoms with van der Waals surface area (Å²) in [5, 5.41) is 1.45. The highest BCUT2D eigenvalue weighted by Gasteiger charge is 2.11. The first kappa shape index (κ1) is 14.0. The number of hydrogen-bond donors (Lipinski definition) is 1. The first-order chi connectivity index (χ1) is 10.1. The van der Waals surface area contributed by atoms with Crippen LogP contribution in [0.4, 0.5) is 4.39 Å². The van der Waals surface area contributed by atoms with Crippen LogP contribution in [-0.2, 0) is 6.42 Å². The van der Waals surface area contributed by atoms with Gasteiger partial charge in [-0.3, -0.25) is 4.98 Å². The van der Waals surface area contributed by atoms with Crippen molar-refractivity contribution in [3.05, 3.63) is 76.7 Å². The van der Waals surface area contributed by atoms with Crippen molar-refractivity contribution in [2.75, 3.05) is 0 Å². The minimum absolute atomic E-state index is 0.231. The van der Waals surface area contributed by atoms with E-state index in [1.165, 1.54) is 12.1 Å². The molecule has 0 saturated carbocycles. The van der Waals surface area contributed by atoms with E-state index in [1.54, 1.807) is 12.3 Å². The molecule has 2 aromatic carbocycles. The Bertz CT molecular complexity index is 789.